The Hall–Kier alpha value is -3.15. The first-order valence-corrected chi connectivity index (χ1v) is 6.50. The Morgan fingerprint density at radius 3 is 2.68 bits per heavy atom. The molecule has 0 aliphatic rings. The number of hydrogen-bond donors (Lipinski definition) is 1. The molecule has 6 nitrogen and oxygen atoms in total. The Morgan fingerprint density at radius 2 is 1.95 bits per heavy atom. The molecule has 0 aliphatic carbocycles. The summed E-state index contributed by atoms with van der Waals surface area (Å²) in [5.41, 5.74) is -0.00609. The van der Waals surface area contributed by atoms with Crippen molar-refractivity contribution in [1.82, 2.24) is 4.98 Å². The van der Waals surface area contributed by atoms with Gasteiger partial charge >= 0.3 is 5.63 Å². The second-order valence-electron chi connectivity index (χ2n) is 4.54. The smallest absolute Gasteiger partial charge is 0.344 e. The van der Waals surface area contributed by atoms with Crippen LogP contribution in [-0.2, 0) is 0 Å². The number of hydrogen-bond acceptors (Lipinski definition) is 5. The molecule has 22 heavy (non-hydrogen) atoms. The van der Waals surface area contributed by atoms with Crippen LogP contribution in [0.3, 0.4) is 0 Å². The first-order chi connectivity index (χ1) is 10.7. The van der Waals surface area contributed by atoms with Crippen LogP contribution >= 0.6 is 0 Å². The molecule has 0 bridgehead atoms. The van der Waals surface area contributed by atoms with Crippen molar-refractivity contribution in [2.24, 2.45) is 0 Å². The summed E-state index contributed by atoms with van der Waals surface area (Å²) in [6.07, 6.45) is 3.11. The van der Waals surface area contributed by atoms with Crippen LogP contribution in [0, 0.1) is 0 Å². The zero-order valence-corrected chi connectivity index (χ0v) is 11.7. The van der Waals surface area contributed by atoms with Gasteiger partial charge in [-0.1, -0.05) is 0 Å². The van der Waals surface area contributed by atoms with E-state index < -0.39 is 11.5 Å². The molecule has 1 amide bonds. The van der Waals surface area contributed by atoms with Crippen LogP contribution in [0.4, 0.5) is 5.69 Å². The second-order valence-corrected chi connectivity index (χ2v) is 4.54. The van der Waals surface area contributed by atoms with Crippen LogP contribution in [0.2, 0.25) is 0 Å². The number of nitrogens with zero attached hydrogens (tertiary/aromatic N) is 1. The number of carbonyl (C=O) groups is 1. The van der Waals surface area contributed by atoms with Gasteiger partial charge in [0.1, 0.15) is 5.75 Å². The summed E-state index contributed by atoms with van der Waals surface area (Å²) in [4.78, 5) is 28.0. The quantitative estimate of drug-likeness (QED) is 0.803. The van der Waals surface area contributed by atoms with Gasteiger partial charge in [0.15, 0.2) is 5.76 Å². The van der Waals surface area contributed by atoms with Gasteiger partial charge in [-0.05, 0) is 41.8 Å². The number of anilines is 1. The number of ether oxygens (including phenoxy) is 1. The number of amides is 1. The van der Waals surface area contributed by atoms with Gasteiger partial charge in [-0.15, -0.1) is 0 Å². The van der Waals surface area contributed by atoms with Gasteiger partial charge in [-0.3, -0.25) is 9.78 Å². The van der Waals surface area contributed by atoms with Crippen molar-refractivity contribution in [2.75, 3.05) is 12.4 Å². The van der Waals surface area contributed by atoms with Gasteiger partial charge in [0, 0.05) is 18.1 Å². The molecule has 1 N–H and O–H groups in total. The van der Waals surface area contributed by atoms with Crippen molar-refractivity contribution in [3.8, 4) is 5.75 Å². The average Bonchev–Trinajstić information content (AvgIpc) is 2.55. The maximum Gasteiger partial charge on any atom is 0.344 e. The van der Waals surface area contributed by atoms with E-state index in [0.29, 0.717) is 22.2 Å². The highest BCUT2D eigenvalue weighted by atomic mass is 16.5. The number of methoxy groups -OCH3 is 1. The number of benzene rings is 1. The topological polar surface area (TPSA) is 81.4 Å². The third-order valence-corrected chi connectivity index (χ3v) is 3.13. The molecular weight excluding hydrogens is 284 g/mol. The van der Waals surface area contributed by atoms with Crippen molar-refractivity contribution in [1.29, 1.82) is 0 Å². The number of rotatable bonds is 3. The maximum absolute atomic E-state index is 12.2. The highest BCUT2D eigenvalue weighted by molar-refractivity contribution is 6.03. The van der Waals surface area contributed by atoms with E-state index in [9.17, 15) is 9.59 Å². The van der Waals surface area contributed by atoms with Crippen LogP contribution < -0.4 is 15.7 Å². The predicted octanol–water partition coefficient (Wildman–Crippen LogP) is 2.45. The summed E-state index contributed by atoms with van der Waals surface area (Å²) in [5, 5.41) is 3.61. The van der Waals surface area contributed by atoms with Crippen molar-refractivity contribution >= 4 is 22.4 Å². The molecule has 2 heterocycles. The van der Waals surface area contributed by atoms with E-state index in [1.807, 2.05) is 0 Å². The fraction of sp³-hybridized carbons (Fsp3) is 0.0625. The van der Waals surface area contributed by atoms with Crippen LogP contribution in [0.1, 0.15) is 10.6 Å². The second kappa shape index (κ2) is 5.69. The normalized spacial score (nSPS) is 10.4. The molecule has 0 radical (unpaired) electrons. The Labute approximate surface area is 125 Å². The van der Waals surface area contributed by atoms with Crippen molar-refractivity contribution in [3.05, 3.63) is 65.0 Å². The molecule has 0 saturated carbocycles. The molecule has 0 saturated heterocycles. The molecule has 0 fully saturated rings. The van der Waals surface area contributed by atoms with E-state index in [0.717, 1.165) is 0 Å². The van der Waals surface area contributed by atoms with E-state index in [2.05, 4.69) is 10.3 Å². The third-order valence-electron chi connectivity index (χ3n) is 3.13. The molecule has 3 rings (SSSR count). The standard InChI is InChI=1S/C16H12N2O4/c1-21-12-2-3-13-10(8-12)9-14(22-16(13)20)15(19)18-11-4-6-17-7-5-11/h2-9H,1H3,(H,17,18,19). The van der Waals surface area contributed by atoms with Crippen molar-refractivity contribution < 1.29 is 13.9 Å². The van der Waals surface area contributed by atoms with Crippen LogP contribution in [0.15, 0.2) is 58.0 Å². The van der Waals surface area contributed by atoms with Gasteiger partial charge in [-0.2, -0.15) is 0 Å². The Kier molecular flexibility index (Phi) is 3.57. The maximum atomic E-state index is 12.2. The third kappa shape index (κ3) is 2.67. The van der Waals surface area contributed by atoms with E-state index in [-0.39, 0.29) is 5.76 Å². The first-order valence-electron chi connectivity index (χ1n) is 6.50. The highest BCUT2D eigenvalue weighted by Crippen LogP contribution is 2.19. The zero-order chi connectivity index (χ0) is 15.5. The van der Waals surface area contributed by atoms with Gasteiger partial charge in [-0.25, -0.2) is 4.79 Å². The predicted molar refractivity (Wildman–Crippen MR) is 81.2 cm³/mol. The van der Waals surface area contributed by atoms with E-state index >= 15 is 0 Å². The lowest BCUT2D eigenvalue weighted by Crippen LogP contribution is -2.15. The minimum absolute atomic E-state index is 0.0671. The summed E-state index contributed by atoms with van der Waals surface area (Å²) >= 11 is 0. The monoisotopic (exact) mass is 296 g/mol. The average molecular weight is 296 g/mol. The fourth-order valence-electron chi connectivity index (χ4n) is 2.04. The molecule has 1 aromatic carbocycles. The molecule has 0 atom stereocenters. The number of pyridine rings is 1. The van der Waals surface area contributed by atoms with Gasteiger partial charge in [0.2, 0.25) is 0 Å². The number of carbonyl (C=O) groups excluding carboxylic acids is 1. The summed E-state index contributed by atoms with van der Waals surface area (Å²) in [6.45, 7) is 0. The molecule has 2 aromatic heterocycles. The summed E-state index contributed by atoms with van der Waals surface area (Å²) < 4.78 is 10.2. The summed E-state index contributed by atoms with van der Waals surface area (Å²) in [5.74, 6) is 0.0224. The zero-order valence-electron chi connectivity index (χ0n) is 11.7. The van der Waals surface area contributed by atoms with Gasteiger partial charge in [0.05, 0.1) is 12.5 Å². The van der Waals surface area contributed by atoms with Crippen LogP contribution in [-0.4, -0.2) is 18.0 Å². The lowest BCUT2D eigenvalue weighted by Gasteiger charge is -2.05. The highest BCUT2D eigenvalue weighted by Gasteiger charge is 2.13. The van der Waals surface area contributed by atoms with Crippen LogP contribution in [0.25, 0.3) is 10.8 Å². The molecule has 0 unspecified atom stereocenters. The molecular formula is C16H12N2O4. The Bertz CT molecular complexity index is 888. The largest absolute Gasteiger partial charge is 0.497 e. The van der Waals surface area contributed by atoms with Crippen molar-refractivity contribution in [3.63, 3.8) is 0 Å². The molecule has 0 aliphatic heterocycles. The van der Waals surface area contributed by atoms with Gasteiger partial charge < -0.3 is 14.5 Å². The Morgan fingerprint density at radius 1 is 1.18 bits per heavy atom. The van der Waals surface area contributed by atoms with Gasteiger partial charge in [0.25, 0.3) is 5.91 Å². The molecule has 3 aromatic rings. The van der Waals surface area contributed by atoms with Crippen LogP contribution in [0.5, 0.6) is 5.75 Å². The Balaban J connectivity index is 2.00. The number of aromatic nitrogens is 1. The molecule has 110 valence electrons. The minimum atomic E-state index is -0.569. The summed E-state index contributed by atoms with van der Waals surface area (Å²) in [6, 6.07) is 9.73. The number of nitrogens with one attached hydrogen (secondary N) is 1. The minimum Gasteiger partial charge on any atom is -0.497 e. The van der Waals surface area contributed by atoms with E-state index in [1.165, 1.54) is 13.2 Å². The van der Waals surface area contributed by atoms with Crippen molar-refractivity contribution in [2.45, 2.75) is 0 Å². The molecule has 0 spiro atoms. The lowest BCUT2D eigenvalue weighted by atomic mass is 10.1. The first kappa shape index (κ1) is 13.8. The SMILES string of the molecule is COc1ccc2c(=O)oc(C(=O)Nc3ccncc3)cc2c1. The lowest BCUT2D eigenvalue weighted by molar-refractivity contribution is 0.0993. The fourth-order valence-corrected chi connectivity index (χ4v) is 2.04. The van der Waals surface area contributed by atoms with E-state index in [4.69, 9.17) is 9.15 Å². The number of fused-ring (bicyclic) bond motifs is 1. The molecule has 6 heteroatoms. The van der Waals surface area contributed by atoms with E-state index in [1.54, 1.807) is 42.7 Å². The summed E-state index contributed by atoms with van der Waals surface area (Å²) in [7, 11) is 1.53.